The topological polar surface area (TPSA) is 59.2 Å². The summed E-state index contributed by atoms with van der Waals surface area (Å²) in [7, 11) is -2.10. The van der Waals surface area contributed by atoms with E-state index in [1.54, 1.807) is 36.4 Å². The van der Waals surface area contributed by atoms with E-state index in [4.69, 9.17) is 4.74 Å². The molecule has 0 aliphatic rings. The predicted molar refractivity (Wildman–Crippen MR) is 86.2 cm³/mol. The molecule has 1 heterocycles. The van der Waals surface area contributed by atoms with E-state index < -0.39 is 9.84 Å². The molecule has 3 aromatic rings. The molecule has 0 amide bonds. The molecule has 0 spiro atoms. The summed E-state index contributed by atoms with van der Waals surface area (Å²) in [5.74, 6) is 0. The first-order valence-electron chi connectivity index (χ1n) is 6.75. The van der Waals surface area contributed by atoms with Gasteiger partial charge in [-0.2, -0.15) is 0 Å². The van der Waals surface area contributed by atoms with Crippen LogP contribution in [0.5, 0.6) is 0 Å². The van der Waals surface area contributed by atoms with Crippen molar-refractivity contribution in [2.45, 2.75) is 9.92 Å². The number of hydrogen-bond donors (Lipinski definition) is 1. The number of benzene rings is 2. The van der Waals surface area contributed by atoms with Gasteiger partial charge in [0.1, 0.15) is 5.03 Å². The Morgan fingerprint density at radius 2 is 1.68 bits per heavy atom. The van der Waals surface area contributed by atoms with Gasteiger partial charge in [-0.3, -0.25) is 0 Å². The Morgan fingerprint density at radius 3 is 2.41 bits per heavy atom. The second kappa shape index (κ2) is 5.69. The summed E-state index contributed by atoms with van der Waals surface area (Å²) in [6.07, 6.45) is 3.13. The van der Waals surface area contributed by atoms with Crippen molar-refractivity contribution in [3.05, 3.63) is 66.4 Å². The third-order valence-corrected chi connectivity index (χ3v) is 5.16. The van der Waals surface area contributed by atoms with Crippen molar-refractivity contribution in [3.63, 3.8) is 0 Å². The second-order valence-corrected chi connectivity index (χ2v) is 6.65. The lowest BCUT2D eigenvalue weighted by Gasteiger charge is -2.04. The normalized spacial score (nSPS) is 12.0. The number of rotatable bonds is 4. The van der Waals surface area contributed by atoms with Gasteiger partial charge in [0.2, 0.25) is 9.84 Å². The van der Waals surface area contributed by atoms with E-state index in [9.17, 15) is 8.42 Å². The van der Waals surface area contributed by atoms with Gasteiger partial charge in [-0.25, -0.2) is 8.42 Å². The molecule has 4 nitrogen and oxygen atoms in total. The Bertz CT molecular complexity index is 925. The predicted octanol–water partition coefficient (Wildman–Crippen LogP) is 3.62. The Labute approximate surface area is 129 Å². The molecule has 3 rings (SSSR count). The SMILES string of the molecule is CO/C=C\c1c(S(=O)(=O)c2ccccc2)[nH]c2ccccc12. The summed E-state index contributed by atoms with van der Waals surface area (Å²) < 4.78 is 30.7. The van der Waals surface area contributed by atoms with Gasteiger partial charge in [-0.05, 0) is 24.3 Å². The first-order chi connectivity index (χ1) is 10.6. The molecular weight excluding hydrogens is 298 g/mol. The van der Waals surface area contributed by atoms with E-state index in [2.05, 4.69) is 4.98 Å². The highest BCUT2D eigenvalue weighted by atomic mass is 32.2. The highest BCUT2D eigenvalue weighted by Crippen LogP contribution is 2.30. The van der Waals surface area contributed by atoms with E-state index in [1.165, 1.54) is 13.4 Å². The summed E-state index contributed by atoms with van der Waals surface area (Å²) in [5.41, 5.74) is 1.37. The third-order valence-electron chi connectivity index (χ3n) is 3.40. The van der Waals surface area contributed by atoms with Gasteiger partial charge in [0.25, 0.3) is 0 Å². The maximum atomic E-state index is 12.9. The lowest BCUT2D eigenvalue weighted by Crippen LogP contribution is -2.03. The van der Waals surface area contributed by atoms with Crippen molar-refractivity contribution in [3.8, 4) is 0 Å². The molecule has 0 atom stereocenters. The van der Waals surface area contributed by atoms with Gasteiger partial charge in [-0.15, -0.1) is 0 Å². The van der Waals surface area contributed by atoms with Crippen molar-refractivity contribution in [1.82, 2.24) is 4.98 Å². The molecule has 0 saturated heterocycles. The summed E-state index contributed by atoms with van der Waals surface area (Å²) in [6.45, 7) is 0. The Hall–Kier alpha value is -2.53. The quantitative estimate of drug-likeness (QED) is 0.748. The van der Waals surface area contributed by atoms with Gasteiger partial charge in [0, 0.05) is 16.5 Å². The zero-order valence-electron chi connectivity index (χ0n) is 12.0. The number of H-pyrrole nitrogens is 1. The van der Waals surface area contributed by atoms with Gasteiger partial charge >= 0.3 is 0 Å². The second-order valence-electron chi connectivity index (χ2n) is 4.77. The smallest absolute Gasteiger partial charge is 0.222 e. The standard InChI is InChI=1S/C17H15NO3S/c1-21-12-11-15-14-9-5-6-10-16(14)18-17(15)22(19,20)13-7-3-2-4-8-13/h2-12,18H,1H3/b12-11-. The number of ether oxygens (including phenoxy) is 1. The Kier molecular flexibility index (Phi) is 3.73. The summed E-state index contributed by atoms with van der Waals surface area (Å²) >= 11 is 0. The van der Waals surface area contributed by atoms with Crippen molar-refractivity contribution in [2.24, 2.45) is 0 Å². The molecule has 5 heteroatoms. The molecule has 1 aromatic heterocycles. The number of aromatic amines is 1. The number of nitrogens with one attached hydrogen (secondary N) is 1. The maximum Gasteiger partial charge on any atom is 0.222 e. The van der Waals surface area contributed by atoms with Gasteiger partial charge in [0.15, 0.2) is 0 Å². The number of hydrogen-bond acceptors (Lipinski definition) is 3. The minimum atomic E-state index is -3.62. The number of sulfone groups is 1. The van der Waals surface area contributed by atoms with Crippen LogP contribution in [0, 0.1) is 0 Å². The van der Waals surface area contributed by atoms with Crippen LogP contribution in [-0.4, -0.2) is 20.5 Å². The minimum absolute atomic E-state index is 0.174. The lowest BCUT2D eigenvalue weighted by molar-refractivity contribution is 0.341. The highest BCUT2D eigenvalue weighted by molar-refractivity contribution is 7.91. The van der Waals surface area contributed by atoms with Crippen molar-refractivity contribution < 1.29 is 13.2 Å². The fourth-order valence-corrected chi connectivity index (χ4v) is 3.83. The highest BCUT2D eigenvalue weighted by Gasteiger charge is 2.24. The van der Waals surface area contributed by atoms with Crippen LogP contribution in [0.2, 0.25) is 0 Å². The molecule has 0 fully saturated rings. The van der Waals surface area contributed by atoms with Crippen LogP contribution in [0.1, 0.15) is 5.56 Å². The first kappa shape index (κ1) is 14.4. The maximum absolute atomic E-state index is 12.9. The Morgan fingerprint density at radius 1 is 1.00 bits per heavy atom. The van der Waals surface area contributed by atoms with Crippen LogP contribution in [0.3, 0.4) is 0 Å². The fraction of sp³-hybridized carbons (Fsp3) is 0.0588. The molecular formula is C17H15NO3S. The average Bonchev–Trinajstić information content (AvgIpc) is 2.93. The van der Waals surface area contributed by atoms with Gasteiger partial charge in [-0.1, -0.05) is 36.4 Å². The van der Waals surface area contributed by atoms with Crippen molar-refractivity contribution in [1.29, 1.82) is 0 Å². The molecule has 0 saturated carbocycles. The molecule has 112 valence electrons. The molecule has 0 unspecified atom stereocenters. The van der Waals surface area contributed by atoms with Crippen LogP contribution in [0.4, 0.5) is 0 Å². The van der Waals surface area contributed by atoms with E-state index >= 15 is 0 Å². The molecule has 0 radical (unpaired) electrons. The third kappa shape index (κ3) is 2.40. The molecule has 0 aliphatic carbocycles. The number of fused-ring (bicyclic) bond motifs is 1. The van der Waals surface area contributed by atoms with Crippen LogP contribution in [-0.2, 0) is 14.6 Å². The van der Waals surface area contributed by atoms with Crippen molar-refractivity contribution in [2.75, 3.05) is 7.11 Å². The van der Waals surface area contributed by atoms with Crippen LogP contribution < -0.4 is 0 Å². The summed E-state index contributed by atoms with van der Waals surface area (Å²) in [4.78, 5) is 3.28. The Balaban J connectivity index is 2.29. The molecule has 1 N–H and O–H groups in total. The van der Waals surface area contributed by atoms with E-state index in [-0.39, 0.29) is 9.92 Å². The number of methoxy groups -OCH3 is 1. The van der Waals surface area contributed by atoms with Crippen molar-refractivity contribution >= 4 is 26.8 Å². The van der Waals surface area contributed by atoms with Crippen LogP contribution in [0.15, 0.2) is 70.8 Å². The van der Waals surface area contributed by atoms with E-state index in [1.807, 2.05) is 24.3 Å². The largest absolute Gasteiger partial charge is 0.504 e. The zero-order valence-corrected chi connectivity index (χ0v) is 12.8. The van der Waals surface area contributed by atoms with Gasteiger partial charge in [0.05, 0.1) is 18.3 Å². The molecule has 2 aromatic carbocycles. The van der Waals surface area contributed by atoms with Gasteiger partial charge < -0.3 is 9.72 Å². The van der Waals surface area contributed by atoms with E-state index in [0.29, 0.717) is 5.56 Å². The molecule has 0 bridgehead atoms. The fourth-order valence-electron chi connectivity index (χ4n) is 2.37. The first-order valence-corrected chi connectivity index (χ1v) is 8.23. The van der Waals surface area contributed by atoms with Crippen LogP contribution in [0.25, 0.3) is 17.0 Å². The number of aromatic nitrogens is 1. The minimum Gasteiger partial charge on any atom is -0.504 e. The number of para-hydroxylation sites is 1. The lowest BCUT2D eigenvalue weighted by atomic mass is 10.2. The average molecular weight is 313 g/mol. The van der Waals surface area contributed by atoms with Crippen LogP contribution >= 0.6 is 0 Å². The summed E-state index contributed by atoms with van der Waals surface area (Å²) in [5, 5.41) is 1.01. The molecule has 22 heavy (non-hydrogen) atoms. The van der Waals surface area contributed by atoms with E-state index in [0.717, 1.165) is 10.9 Å². The monoisotopic (exact) mass is 313 g/mol. The molecule has 0 aliphatic heterocycles. The summed E-state index contributed by atoms with van der Waals surface area (Å²) in [6, 6.07) is 15.8. The zero-order chi connectivity index (χ0) is 15.6.